The largest absolute Gasteiger partial charge is 0.251 e. The summed E-state index contributed by atoms with van der Waals surface area (Å²) in [4.78, 5) is 14.5. The number of aliphatic imine (C=N–C) groups is 2. The molecule has 1 aromatic heterocycles. The second-order valence-electron chi connectivity index (χ2n) is 7.87. The van der Waals surface area contributed by atoms with Gasteiger partial charge in [-0.25, -0.2) is 4.98 Å². The maximum atomic E-state index is 4.83. The fraction of sp³-hybridized carbons (Fsp3) is 0.0690. The van der Waals surface area contributed by atoms with Crippen LogP contribution in [0, 0.1) is 0 Å². The summed E-state index contributed by atoms with van der Waals surface area (Å²) < 4.78 is 0. The molecule has 4 aromatic carbocycles. The molecule has 0 radical (unpaired) electrons. The maximum absolute atomic E-state index is 4.83. The topological polar surface area (TPSA) is 37.6 Å². The Balaban J connectivity index is 1.44. The van der Waals surface area contributed by atoms with Crippen LogP contribution in [-0.4, -0.2) is 16.4 Å². The van der Waals surface area contributed by atoms with Crippen LogP contribution >= 0.6 is 0 Å². The van der Waals surface area contributed by atoms with Crippen LogP contribution in [0.15, 0.2) is 113 Å². The highest BCUT2D eigenvalue weighted by atomic mass is 14.8. The molecule has 5 rings (SSSR count). The highest BCUT2D eigenvalue weighted by Gasteiger charge is 2.06. The molecule has 0 spiro atoms. The van der Waals surface area contributed by atoms with E-state index < -0.39 is 0 Å². The molecule has 154 valence electrons. The van der Waals surface area contributed by atoms with Crippen molar-refractivity contribution in [3.8, 4) is 0 Å². The molecule has 3 heteroatoms. The van der Waals surface area contributed by atoms with Gasteiger partial charge in [0, 0.05) is 0 Å². The Kier molecular flexibility index (Phi) is 5.30. The van der Waals surface area contributed by atoms with E-state index in [4.69, 9.17) is 15.0 Å². The van der Waals surface area contributed by atoms with Crippen LogP contribution < -0.4 is 0 Å². The third-order valence-electron chi connectivity index (χ3n) is 5.55. The van der Waals surface area contributed by atoms with Crippen LogP contribution in [0.4, 0.5) is 11.4 Å². The van der Waals surface area contributed by atoms with Gasteiger partial charge in [0.25, 0.3) is 0 Å². The Morgan fingerprint density at radius 3 is 1.41 bits per heavy atom. The van der Waals surface area contributed by atoms with Crippen molar-refractivity contribution >= 4 is 44.3 Å². The first-order chi connectivity index (χ1) is 15.7. The second-order valence-corrected chi connectivity index (χ2v) is 7.87. The third-order valence-corrected chi connectivity index (χ3v) is 5.55. The first-order valence-corrected chi connectivity index (χ1v) is 10.7. The number of hydrogen-bond donors (Lipinski definition) is 0. The van der Waals surface area contributed by atoms with E-state index in [0.717, 1.165) is 34.2 Å². The smallest absolute Gasteiger partial charge is 0.0849 e. The molecule has 0 N–H and O–H groups in total. The van der Waals surface area contributed by atoms with Gasteiger partial charge in [-0.1, -0.05) is 66.7 Å². The van der Waals surface area contributed by atoms with E-state index in [2.05, 4.69) is 48.5 Å². The Morgan fingerprint density at radius 1 is 0.500 bits per heavy atom. The number of nitrogens with zero attached hydrogens (tertiary/aromatic N) is 3. The number of benzene rings is 4. The monoisotopic (exact) mass is 413 g/mol. The van der Waals surface area contributed by atoms with E-state index >= 15 is 0 Å². The van der Waals surface area contributed by atoms with Crippen molar-refractivity contribution in [3.63, 3.8) is 0 Å². The van der Waals surface area contributed by atoms with Crippen LogP contribution in [-0.2, 0) is 0 Å². The van der Waals surface area contributed by atoms with Gasteiger partial charge < -0.3 is 0 Å². The summed E-state index contributed by atoms with van der Waals surface area (Å²) in [5.74, 6) is 0. The van der Waals surface area contributed by atoms with Crippen LogP contribution in [0.25, 0.3) is 21.5 Å². The van der Waals surface area contributed by atoms with Crippen LogP contribution in [0.5, 0.6) is 0 Å². The first kappa shape index (κ1) is 19.8. The Morgan fingerprint density at radius 2 is 0.938 bits per heavy atom. The van der Waals surface area contributed by atoms with Gasteiger partial charge in [-0.3, -0.25) is 9.98 Å². The molecule has 0 amide bonds. The van der Waals surface area contributed by atoms with Crippen LogP contribution in [0.1, 0.15) is 25.2 Å². The minimum absolute atomic E-state index is 0.851. The minimum atomic E-state index is 0.851. The standard InChI is InChI=1S/C29H23N3/c1-20(30-26-16-14-22-8-3-5-10-24(22)18-26)28-12-7-13-29(32-28)21(2)31-27-17-15-23-9-4-6-11-25(23)19-27/h3-19H,1-2H3. The van der Waals surface area contributed by atoms with Crippen molar-refractivity contribution in [2.45, 2.75) is 13.8 Å². The quantitative estimate of drug-likeness (QED) is 0.279. The van der Waals surface area contributed by atoms with Gasteiger partial charge in [0.05, 0.1) is 34.2 Å². The van der Waals surface area contributed by atoms with E-state index in [1.54, 1.807) is 0 Å². The molecule has 5 aromatic rings. The Hall–Kier alpha value is -4.11. The number of pyridine rings is 1. The van der Waals surface area contributed by atoms with Crippen molar-refractivity contribution < 1.29 is 0 Å². The highest BCUT2D eigenvalue weighted by molar-refractivity contribution is 6.02. The van der Waals surface area contributed by atoms with Crippen molar-refractivity contribution in [3.05, 3.63) is 115 Å². The molecule has 0 fully saturated rings. The third kappa shape index (κ3) is 4.19. The SMILES string of the molecule is CC(=Nc1ccc2ccccc2c1)c1cccc(C(C)=Nc2ccc3ccccc3c2)n1. The normalized spacial score (nSPS) is 12.4. The lowest BCUT2D eigenvalue weighted by atomic mass is 10.1. The summed E-state index contributed by atoms with van der Waals surface area (Å²) in [7, 11) is 0. The van der Waals surface area contributed by atoms with Crippen molar-refractivity contribution in [1.82, 2.24) is 4.98 Å². The predicted octanol–water partition coefficient (Wildman–Crippen LogP) is 7.67. The fourth-order valence-electron chi connectivity index (χ4n) is 3.83. The lowest BCUT2D eigenvalue weighted by Crippen LogP contribution is -2.04. The molecular weight excluding hydrogens is 390 g/mol. The zero-order valence-corrected chi connectivity index (χ0v) is 18.2. The lowest BCUT2D eigenvalue weighted by molar-refractivity contribution is 1.24. The Labute approximate surface area is 187 Å². The van der Waals surface area contributed by atoms with Gasteiger partial charge >= 0.3 is 0 Å². The fourth-order valence-corrected chi connectivity index (χ4v) is 3.83. The van der Waals surface area contributed by atoms with Gasteiger partial charge in [-0.05, 0) is 71.8 Å². The molecule has 3 nitrogen and oxygen atoms in total. The summed E-state index contributed by atoms with van der Waals surface area (Å²) in [6.07, 6.45) is 0. The van der Waals surface area contributed by atoms with Gasteiger partial charge in [0.1, 0.15) is 0 Å². The molecule has 0 bridgehead atoms. The van der Waals surface area contributed by atoms with E-state index in [1.807, 2.05) is 68.4 Å². The Bertz CT molecular complexity index is 1380. The predicted molar refractivity (Wildman–Crippen MR) is 136 cm³/mol. The average Bonchev–Trinajstić information content (AvgIpc) is 2.84. The highest BCUT2D eigenvalue weighted by Crippen LogP contribution is 2.23. The number of rotatable bonds is 4. The molecule has 0 aliphatic heterocycles. The van der Waals surface area contributed by atoms with Gasteiger partial charge in [-0.15, -0.1) is 0 Å². The van der Waals surface area contributed by atoms with E-state index in [-0.39, 0.29) is 0 Å². The van der Waals surface area contributed by atoms with Gasteiger partial charge in [-0.2, -0.15) is 0 Å². The summed E-state index contributed by atoms with van der Waals surface area (Å²) >= 11 is 0. The zero-order chi connectivity index (χ0) is 21.9. The molecule has 0 aliphatic rings. The van der Waals surface area contributed by atoms with Crippen molar-refractivity contribution in [2.24, 2.45) is 9.98 Å². The molecule has 0 saturated carbocycles. The van der Waals surface area contributed by atoms with E-state index in [1.165, 1.54) is 21.5 Å². The van der Waals surface area contributed by atoms with Gasteiger partial charge in [0.15, 0.2) is 0 Å². The van der Waals surface area contributed by atoms with Crippen molar-refractivity contribution in [2.75, 3.05) is 0 Å². The summed E-state index contributed by atoms with van der Waals surface area (Å²) in [6.45, 7) is 3.99. The number of fused-ring (bicyclic) bond motifs is 2. The van der Waals surface area contributed by atoms with E-state index in [9.17, 15) is 0 Å². The number of aromatic nitrogens is 1. The zero-order valence-electron chi connectivity index (χ0n) is 18.2. The summed E-state index contributed by atoms with van der Waals surface area (Å²) in [5, 5.41) is 4.79. The molecule has 0 aliphatic carbocycles. The average molecular weight is 414 g/mol. The van der Waals surface area contributed by atoms with Crippen LogP contribution in [0.3, 0.4) is 0 Å². The molecule has 32 heavy (non-hydrogen) atoms. The van der Waals surface area contributed by atoms with Crippen molar-refractivity contribution in [1.29, 1.82) is 0 Å². The van der Waals surface area contributed by atoms with Crippen LogP contribution in [0.2, 0.25) is 0 Å². The molecular formula is C29H23N3. The van der Waals surface area contributed by atoms with Gasteiger partial charge in [0.2, 0.25) is 0 Å². The molecule has 0 atom stereocenters. The van der Waals surface area contributed by atoms with E-state index in [0.29, 0.717) is 0 Å². The molecule has 0 unspecified atom stereocenters. The first-order valence-electron chi connectivity index (χ1n) is 10.7. The minimum Gasteiger partial charge on any atom is -0.251 e. The second kappa shape index (κ2) is 8.56. The number of hydrogen-bond acceptors (Lipinski definition) is 3. The maximum Gasteiger partial charge on any atom is 0.0849 e. The molecule has 1 heterocycles. The summed E-state index contributed by atoms with van der Waals surface area (Å²) in [6, 6.07) is 35.1. The lowest BCUT2D eigenvalue weighted by Gasteiger charge is -2.06. The summed E-state index contributed by atoms with van der Waals surface area (Å²) in [5.41, 5.74) is 5.30. The molecule has 0 saturated heterocycles.